The number of H-pyrrole nitrogens is 1. The van der Waals surface area contributed by atoms with Crippen molar-refractivity contribution < 1.29 is 23.9 Å². The molecule has 0 fully saturated rings. The zero-order valence-corrected chi connectivity index (χ0v) is 14.5. The van der Waals surface area contributed by atoms with Crippen LogP contribution < -0.4 is 24.4 Å². The number of aromatic amines is 1. The van der Waals surface area contributed by atoms with Gasteiger partial charge in [0.1, 0.15) is 5.52 Å². The third kappa shape index (κ3) is 2.36. The quantitative estimate of drug-likeness (QED) is 0.423. The van der Waals surface area contributed by atoms with Crippen molar-refractivity contribution in [1.82, 2.24) is 4.98 Å². The van der Waals surface area contributed by atoms with Crippen molar-refractivity contribution in [3.63, 3.8) is 0 Å². The smallest absolute Gasteiger partial charge is 0.271 e. The fourth-order valence-electron chi connectivity index (χ4n) is 2.97. The third-order valence-electron chi connectivity index (χ3n) is 4.08. The van der Waals surface area contributed by atoms with E-state index in [0.29, 0.717) is 11.0 Å². The summed E-state index contributed by atoms with van der Waals surface area (Å²) in [6.45, 7) is 0. The number of nitro benzene ring substituents is 1. The number of hydrogen-bond acceptors (Lipinski definition) is 7. The van der Waals surface area contributed by atoms with Crippen LogP contribution in [0.3, 0.4) is 0 Å². The summed E-state index contributed by atoms with van der Waals surface area (Å²) in [5, 5.41) is 11.5. The van der Waals surface area contributed by atoms with Gasteiger partial charge in [0.25, 0.3) is 5.69 Å². The van der Waals surface area contributed by atoms with E-state index in [1.807, 2.05) is 0 Å². The van der Waals surface area contributed by atoms with Gasteiger partial charge in [0.2, 0.25) is 16.9 Å². The van der Waals surface area contributed by atoms with Gasteiger partial charge in [-0.15, -0.1) is 0 Å². The van der Waals surface area contributed by atoms with Gasteiger partial charge in [-0.3, -0.25) is 14.9 Å². The molecule has 3 rings (SSSR count). The number of nitrogens with one attached hydrogen (secondary N) is 1. The van der Waals surface area contributed by atoms with Gasteiger partial charge in [-0.25, -0.2) is 0 Å². The lowest BCUT2D eigenvalue weighted by Gasteiger charge is -2.18. The van der Waals surface area contributed by atoms with Gasteiger partial charge >= 0.3 is 0 Å². The van der Waals surface area contributed by atoms with Crippen molar-refractivity contribution in [2.24, 2.45) is 0 Å². The zero-order chi connectivity index (χ0) is 19.0. The summed E-state index contributed by atoms with van der Waals surface area (Å²) >= 11 is 0. The van der Waals surface area contributed by atoms with E-state index >= 15 is 0 Å². The van der Waals surface area contributed by atoms with Crippen LogP contribution in [0.4, 0.5) is 5.69 Å². The fourth-order valence-corrected chi connectivity index (χ4v) is 2.97. The Kier molecular flexibility index (Phi) is 4.29. The number of benzene rings is 2. The summed E-state index contributed by atoms with van der Waals surface area (Å²) in [6.07, 6.45) is 0. The van der Waals surface area contributed by atoms with Crippen molar-refractivity contribution in [3.8, 4) is 23.0 Å². The number of non-ortho nitro benzene ring substituents is 1. The summed E-state index contributed by atoms with van der Waals surface area (Å²) in [7, 11) is 5.67. The Morgan fingerprint density at radius 3 is 2.04 bits per heavy atom. The molecule has 2 aromatic carbocycles. The molecule has 0 bridgehead atoms. The molecule has 0 radical (unpaired) electrons. The van der Waals surface area contributed by atoms with Crippen molar-refractivity contribution in [1.29, 1.82) is 0 Å². The average molecular weight is 360 g/mol. The van der Waals surface area contributed by atoms with Crippen LogP contribution in [0.15, 0.2) is 23.0 Å². The highest BCUT2D eigenvalue weighted by Crippen LogP contribution is 2.49. The minimum atomic E-state index is -0.533. The Morgan fingerprint density at radius 1 is 0.923 bits per heavy atom. The minimum Gasteiger partial charge on any atom is -0.492 e. The first-order valence-electron chi connectivity index (χ1n) is 7.48. The maximum atomic E-state index is 13.1. The largest absolute Gasteiger partial charge is 0.492 e. The van der Waals surface area contributed by atoms with Crippen LogP contribution in [0.2, 0.25) is 0 Å². The highest BCUT2D eigenvalue weighted by Gasteiger charge is 2.26. The number of rotatable bonds is 5. The van der Waals surface area contributed by atoms with E-state index in [9.17, 15) is 14.9 Å². The maximum Gasteiger partial charge on any atom is 0.271 e. The molecule has 1 heterocycles. The van der Waals surface area contributed by atoms with Crippen molar-refractivity contribution >= 4 is 27.5 Å². The van der Waals surface area contributed by atoms with Crippen LogP contribution >= 0.6 is 0 Å². The van der Waals surface area contributed by atoms with Gasteiger partial charge in [-0.05, 0) is 6.07 Å². The molecule has 0 saturated heterocycles. The summed E-state index contributed by atoms with van der Waals surface area (Å²) in [5.74, 6) is 0.859. The van der Waals surface area contributed by atoms with E-state index in [4.69, 9.17) is 18.9 Å². The second-order valence-corrected chi connectivity index (χ2v) is 5.32. The summed E-state index contributed by atoms with van der Waals surface area (Å²) in [4.78, 5) is 26.6. The summed E-state index contributed by atoms with van der Waals surface area (Å²) < 4.78 is 21.5. The van der Waals surface area contributed by atoms with Gasteiger partial charge in [-0.1, -0.05) is 0 Å². The van der Waals surface area contributed by atoms with Crippen LogP contribution in [0.1, 0.15) is 0 Å². The van der Waals surface area contributed by atoms with E-state index in [0.717, 1.165) is 0 Å². The van der Waals surface area contributed by atoms with Crippen LogP contribution in [-0.2, 0) is 0 Å². The SMILES string of the molecule is COc1c(OC)c(OC)c2c(=O)c3ccc([N+](=O)[O-])cc3[nH]c2c1OC. The number of methoxy groups -OCH3 is 4. The predicted octanol–water partition coefficient (Wildman–Crippen LogP) is 2.62. The monoisotopic (exact) mass is 360 g/mol. The highest BCUT2D eigenvalue weighted by atomic mass is 16.6. The Morgan fingerprint density at radius 2 is 1.50 bits per heavy atom. The second kappa shape index (κ2) is 6.43. The van der Waals surface area contributed by atoms with Crippen molar-refractivity contribution in [2.75, 3.05) is 28.4 Å². The fraction of sp³-hybridized carbons (Fsp3) is 0.235. The lowest BCUT2D eigenvalue weighted by molar-refractivity contribution is -0.384. The first-order valence-corrected chi connectivity index (χ1v) is 7.48. The van der Waals surface area contributed by atoms with Crippen LogP contribution in [0.25, 0.3) is 21.8 Å². The van der Waals surface area contributed by atoms with Crippen LogP contribution in [0.5, 0.6) is 23.0 Å². The van der Waals surface area contributed by atoms with Crippen molar-refractivity contribution in [3.05, 3.63) is 38.5 Å². The van der Waals surface area contributed by atoms with E-state index in [-0.39, 0.29) is 44.9 Å². The molecule has 136 valence electrons. The normalized spacial score (nSPS) is 10.8. The molecule has 0 unspecified atom stereocenters. The van der Waals surface area contributed by atoms with Gasteiger partial charge in [0, 0.05) is 17.5 Å². The van der Waals surface area contributed by atoms with E-state index in [2.05, 4.69) is 4.98 Å². The first kappa shape index (κ1) is 17.3. The molecule has 3 aromatic rings. The lowest BCUT2D eigenvalue weighted by atomic mass is 10.1. The Labute approximate surface area is 147 Å². The number of fused-ring (bicyclic) bond motifs is 2. The number of nitro groups is 1. The highest BCUT2D eigenvalue weighted by molar-refractivity contribution is 6.02. The van der Waals surface area contributed by atoms with E-state index < -0.39 is 4.92 Å². The van der Waals surface area contributed by atoms with Gasteiger partial charge < -0.3 is 23.9 Å². The van der Waals surface area contributed by atoms with E-state index in [1.165, 1.54) is 46.6 Å². The molecule has 0 aliphatic heterocycles. The number of hydrogen-bond donors (Lipinski definition) is 1. The summed E-state index contributed by atoms with van der Waals surface area (Å²) in [6, 6.07) is 3.96. The standard InChI is InChI=1S/C17H16N2O7/c1-23-14-11-12(15(24-2)17(26-4)16(14)25-3)18-10-7-8(19(21)22)5-6-9(10)13(11)20/h5-7H,1-4H3,(H,18,20). The molecule has 9 heteroatoms. The Hall–Kier alpha value is -3.49. The lowest BCUT2D eigenvalue weighted by Crippen LogP contribution is -2.09. The first-order chi connectivity index (χ1) is 12.5. The molecule has 0 aliphatic carbocycles. The molecular formula is C17H16N2O7. The molecular weight excluding hydrogens is 344 g/mol. The number of aromatic nitrogens is 1. The minimum absolute atomic E-state index is 0.140. The van der Waals surface area contributed by atoms with Crippen molar-refractivity contribution in [2.45, 2.75) is 0 Å². The topological polar surface area (TPSA) is 113 Å². The number of nitrogens with zero attached hydrogens (tertiary/aromatic N) is 1. The van der Waals surface area contributed by atoms with Gasteiger partial charge in [0.15, 0.2) is 11.5 Å². The third-order valence-corrected chi connectivity index (χ3v) is 4.08. The molecule has 1 N–H and O–H groups in total. The molecule has 9 nitrogen and oxygen atoms in total. The Balaban J connectivity index is 2.59. The number of pyridine rings is 1. The van der Waals surface area contributed by atoms with E-state index in [1.54, 1.807) is 0 Å². The molecule has 1 aromatic heterocycles. The zero-order valence-electron chi connectivity index (χ0n) is 14.5. The maximum absolute atomic E-state index is 13.1. The second-order valence-electron chi connectivity index (χ2n) is 5.32. The predicted molar refractivity (Wildman–Crippen MR) is 94.9 cm³/mol. The van der Waals surface area contributed by atoms with Gasteiger partial charge in [0.05, 0.1) is 44.3 Å². The van der Waals surface area contributed by atoms with Crippen LogP contribution in [0, 0.1) is 10.1 Å². The van der Waals surface area contributed by atoms with Crippen LogP contribution in [-0.4, -0.2) is 38.3 Å². The summed E-state index contributed by atoms with van der Waals surface area (Å²) in [5.41, 5.74) is 0.0722. The molecule has 0 amide bonds. The molecule has 0 saturated carbocycles. The molecule has 26 heavy (non-hydrogen) atoms. The molecule has 0 spiro atoms. The van der Waals surface area contributed by atoms with Gasteiger partial charge in [-0.2, -0.15) is 0 Å². The molecule has 0 atom stereocenters. The number of ether oxygens (including phenoxy) is 4. The molecule has 0 aliphatic rings. The Bertz CT molecular complexity index is 1090. The average Bonchev–Trinajstić information content (AvgIpc) is 2.65.